The highest BCUT2D eigenvalue weighted by Crippen LogP contribution is 2.60. The van der Waals surface area contributed by atoms with E-state index in [1.807, 2.05) is 0 Å². The van der Waals surface area contributed by atoms with E-state index in [-0.39, 0.29) is 17.9 Å². The van der Waals surface area contributed by atoms with Gasteiger partial charge in [0, 0.05) is 17.9 Å². The molecule has 2 aliphatic rings. The fourth-order valence-corrected chi connectivity index (χ4v) is 2.42. The Hall–Kier alpha value is -0.160. The minimum atomic E-state index is -1.08. The van der Waals surface area contributed by atoms with Crippen LogP contribution in [0.1, 0.15) is 12.8 Å². The van der Waals surface area contributed by atoms with Crippen LogP contribution in [0.2, 0.25) is 0 Å². The molecule has 70 valence electrons. The SMILES string of the molecule is OC[C@@H]1[C@@H](O)[C@@H](O)[C@@H](O)C12CC2. The van der Waals surface area contributed by atoms with E-state index in [9.17, 15) is 15.3 Å². The van der Waals surface area contributed by atoms with Crippen molar-refractivity contribution in [3.63, 3.8) is 0 Å². The molecule has 12 heavy (non-hydrogen) atoms. The van der Waals surface area contributed by atoms with Crippen molar-refractivity contribution in [2.24, 2.45) is 11.3 Å². The number of hydrogen-bond donors (Lipinski definition) is 4. The van der Waals surface area contributed by atoms with Gasteiger partial charge in [0.25, 0.3) is 0 Å². The highest BCUT2D eigenvalue weighted by molar-refractivity contribution is 5.14. The van der Waals surface area contributed by atoms with Crippen LogP contribution < -0.4 is 0 Å². The van der Waals surface area contributed by atoms with Crippen molar-refractivity contribution < 1.29 is 20.4 Å². The molecule has 2 saturated carbocycles. The number of aliphatic hydroxyl groups is 4. The Morgan fingerprint density at radius 2 is 1.67 bits per heavy atom. The third-order valence-corrected chi connectivity index (χ3v) is 3.44. The lowest BCUT2D eigenvalue weighted by Gasteiger charge is -2.19. The zero-order valence-corrected chi connectivity index (χ0v) is 6.72. The monoisotopic (exact) mass is 174 g/mol. The molecule has 1 spiro atoms. The molecule has 0 radical (unpaired) electrons. The van der Waals surface area contributed by atoms with Gasteiger partial charge in [-0.3, -0.25) is 0 Å². The minimum absolute atomic E-state index is 0.157. The predicted molar refractivity (Wildman–Crippen MR) is 40.3 cm³/mol. The van der Waals surface area contributed by atoms with Crippen molar-refractivity contribution >= 4 is 0 Å². The number of rotatable bonds is 1. The van der Waals surface area contributed by atoms with E-state index in [4.69, 9.17) is 5.11 Å². The summed E-state index contributed by atoms with van der Waals surface area (Å²) in [5.74, 6) is -0.345. The topological polar surface area (TPSA) is 80.9 Å². The standard InChI is InChI=1S/C8H14O4/c9-3-4-5(10)6(11)7(12)8(4)1-2-8/h4-7,9-12H,1-3H2/t4-,5-,6-,7-/m1/s1. The van der Waals surface area contributed by atoms with E-state index >= 15 is 0 Å². The highest BCUT2D eigenvalue weighted by Gasteiger charge is 2.65. The van der Waals surface area contributed by atoms with Crippen LogP contribution in [0, 0.1) is 11.3 Å². The molecular formula is C8H14O4. The first-order valence-corrected chi connectivity index (χ1v) is 4.28. The zero-order chi connectivity index (χ0) is 8.93. The van der Waals surface area contributed by atoms with E-state index in [2.05, 4.69) is 0 Å². The van der Waals surface area contributed by atoms with Crippen LogP contribution >= 0.6 is 0 Å². The van der Waals surface area contributed by atoms with Gasteiger partial charge in [-0.1, -0.05) is 0 Å². The van der Waals surface area contributed by atoms with Gasteiger partial charge in [0.2, 0.25) is 0 Å². The van der Waals surface area contributed by atoms with Gasteiger partial charge >= 0.3 is 0 Å². The molecule has 0 saturated heterocycles. The van der Waals surface area contributed by atoms with Crippen LogP contribution in [0.15, 0.2) is 0 Å². The van der Waals surface area contributed by atoms with Gasteiger partial charge in [0.15, 0.2) is 0 Å². The summed E-state index contributed by atoms with van der Waals surface area (Å²) in [7, 11) is 0. The Labute approximate surface area is 70.5 Å². The Morgan fingerprint density at radius 1 is 1.08 bits per heavy atom. The summed E-state index contributed by atoms with van der Waals surface area (Å²) in [6, 6.07) is 0. The molecular weight excluding hydrogens is 160 g/mol. The fourth-order valence-electron chi connectivity index (χ4n) is 2.42. The van der Waals surface area contributed by atoms with Crippen LogP contribution in [0.25, 0.3) is 0 Å². The molecule has 4 heteroatoms. The maximum Gasteiger partial charge on any atom is 0.107 e. The summed E-state index contributed by atoms with van der Waals surface area (Å²) < 4.78 is 0. The molecule has 2 rings (SSSR count). The Kier molecular flexibility index (Phi) is 1.70. The van der Waals surface area contributed by atoms with Gasteiger partial charge in [-0.05, 0) is 12.8 Å². The quantitative estimate of drug-likeness (QED) is 0.389. The van der Waals surface area contributed by atoms with Crippen molar-refractivity contribution in [3.8, 4) is 0 Å². The molecule has 0 unspecified atom stereocenters. The van der Waals surface area contributed by atoms with Crippen LogP contribution in [-0.2, 0) is 0 Å². The smallest absolute Gasteiger partial charge is 0.107 e. The molecule has 4 nitrogen and oxygen atoms in total. The van der Waals surface area contributed by atoms with E-state index in [1.165, 1.54) is 0 Å². The molecule has 2 fully saturated rings. The number of hydrogen-bond acceptors (Lipinski definition) is 4. The molecule has 4 N–H and O–H groups in total. The average Bonchev–Trinajstić information content (AvgIpc) is 2.81. The maximum atomic E-state index is 9.54. The highest BCUT2D eigenvalue weighted by atomic mass is 16.4. The molecule has 0 aromatic rings. The van der Waals surface area contributed by atoms with Crippen molar-refractivity contribution in [2.75, 3.05) is 6.61 Å². The van der Waals surface area contributed by atoms with E-state index in [1.54, 1.807) is 0 Å². The van der Waals surface area contributed by atoms with Crippen LogP contribution in [0.5, 0.6) is 0 Å². The largest absolute Gasteiger partial charge is 0.396 e. The lowest BCUT2D eigenvalue weighted by Crippen LogP contribution is -2.31. The third-order valence-electron chi connectivity index (χ3n) is 3.44. The summed E-state index contributed by atoms with van der Waals surface area (Å²) in [6.07, 6.45) is -1.30. The molecule has 0 bridgehead atoms. The first kappa shape index (κ1) is 8.44. The van der Waals surface area contributed by atoms with Gasteiger partial charge in [0.1, 0.15) is 6.10 Å². The van der Waals surface area contributed by atoms with E-state index < -0.39 is 18.3 Å². The maximum absolute atomic E-state index is 9.54. The minimum Gasteiger partial charge on any atom is -0.396 e. The van der Waals surface area contributed by atoms with Crippen LogP contribution in [0.4, 0.5) is 0 Å². The first-order chi connectivity index (χ1) is 5.63. The Bertz CT molecular complexity index is 189. The van der Waals surface area contributed by atoms with Crippen LogP contribution in [-0.4, -0.2) is 45.3 Å². The summed E-state index contributed by atoms with van der Waals surface area (Å²) in [5, 5.41) is 37.3. The second-order valence-corrected chi connectivity index (χ2v) is 3.95. The van der Waals surface area contributed by atoms with Gasteiger partial charge < -0.3 is 20.4 Å². The molecule has 2 aliphatic carbocycles. The van der Waals surface area contributed by atoms with Gasteiger partial charge in [-0.25, -0.2) is 0 Å². The second kappa shape index (κ2) is 2.42. The normalized spacial score (nSPS) is 50.0. The number of aliphatic hydroxyl groups excluding tert-OH is 4. The molecule has 0 heterocycles. The zero-order valence-electron chi connectivity index (χ0n) is 6.72. The summed E-state index contributed by atoms with van der Waals surface area (Å²) in [6.45, 7) is -0.157. The van der Waals surface area contributed by atoms with Crippen LogP contribution in [0.3, 0.4) is 0 Å². The molecule has 0 aliphatic heterocycles. The summed E-state index contributed by atoms with van der Waals surface area (Å²) in [5.41, 5.74) is -0.381. The Morgan fingerprint density at radius 3 is 2.00 bits per heavy atom. The van der Waals surface area contributed by atoms with Gasteiger partial charge in [-0.15, -0.1) is 0 Å². The Balaban J connectivity index is 2.23. The lowest BCUT2D eigenvalue weighted by molar-refractivity contribution is -0.0331. The molecule has 0 aromatic carbocycles. The van der Waals surface area contributed by atoms with E-state index in [0.717, 1.165) is 12.8 Å². The average molecular weight is 174 g/mol. The van der Waals surface area contributed by atoms with Crippen molar-refractivity contribution in [2.45, 2.75) is 31.2 Å². The summed E-state index contributed by atoms with van der Waals surface area (Å²) in [4.78, 5) is 0. The van der Waals surface area contributed by atoms with E-state index in [0.29, 0.717) is 0 Å². The third kappa shape index (κ3) is 0.808. The van der Waals surface area contributed by atoms with Gasteiger partial charge in [0.05, 0.1) is 12.2 Å². The fraction of sp³-hybridized carbons (Fsp3) is 1.00. The molecule has 0 aromatic heterocycles. The first-order valence-electron chi connectivity index (χ1n) is 4.28. The molecule has 4 atom stereocenters. The van der Waals surface area contributed by atoms with Gasteiger partial charge in [-0.2, -0.15) is 0 Å². The lowest BCUT2D eigenvalue weighted by atomic mass is 9.91. The second-order valence-electron chi connectivity index (χ2n) is 3.95. The van der Waals surface area contributed by atoms with Crippen molar-refractivity contribution in [1.82, 2.24) is 0 Å². The van der Waals surface area contributed by atoms with Crippen molar-refractivity contribution in [1.29, 1.82) is 0 Å². The predicted octanol–water partition coefficient (Wildman–Crippen LogP) is -1.53. The van der Waals surface area contributed by atoms with Crippen molar-refractivity contribution in [3.05, 3.63) is 0 Å². The molecule has 0 amide bonds. The summed E-state index contributed by atoms with van der Waals surface area (Å²) >= 11 is 0.